The number of furan rings is 1. The Balaban J connectivity index is 2.18. The van der Waals surface area contributed by atoms with E-state index in [9.17, 15) is 4.79 Å². The van der Waals surface area contributed by atoms with Gasteiger partial charge in [-0.15, -0.1) is 0 Å². The molecule has 1 heterocycles. The van der Waals surface area contributed by atoms with E-state index in [-0.39, 0.29) is 11.2 Å². The molecule has 0 unspecified atom stereocenters. The van der Waals surface area contributed by atoms with Gasteiger partial charge in [0.2, 0.25) is 5.76 Å². The molecule has 0 radical (unpaired) electrons. The number of carbonyl (C=O) groups is 1. The maximum Gasteiger partial charge on any atom is 0.374 e. The van der Waals surface area contributed by atoms with Crippen molar-refractivity contribution in [3.8, 4) is 0 Å². The van der Waals surface area contributed by atoms with Crippen molar-refractivity contribution >= 4 is 11.7 Å². The molecular formula is C17H21NO3. The highest BCUT2D eigenvalue weighted by atomic mass is 16.5. The molecule has 0 saturated carbocycles. The molecule has 1 aromatic heterocycles. The third-order valence-electron chi connectivity index (χ3n) is 3.32. The maximum absolute atomic E-state index is 11.6. The van der Waals surface area contributed by atoms with Gasteiger partial charge in [0.05, 0.1) is 13.4 Å². The van der Waals surface area contributed by atoms with E-state index in [1.807, 2.05) is 18.2 Å². The predicted molar refractivity (Wildman–Crippen MR) is 82.5 cm³/mol. The first-order valence-corrected chi connectivity index (χ1v) is 6.91. The van der Waals surface area contributed by atoms with Crippen LogP contribution in [-0.2, 0) is 16.7 Å². The molecule has 4 nitrogen and oxygen atoms in total. The Morgan fingerprint density at radius 3 is 2.62 bits per heavy atom. The number of hydrogen-bond acceptors (Lipinski definition) is 4. The van der Waals surface area contributed by atoms with Crippen molar-refractivity contribution in [2.24, 2.45) is 0 Å². The zero-order chi connectivity index (χ0) is 15.5. The largest absolute Gasteiger partial charge is 0.463 e. The second kappa shape index (κ2) is 6.04. The van der Waals surface area contributed by atoms with Crippen LogP contribution in [0.2, 0.25) is 0 Å². The first kappa shape index (κ1) is 15.2. The number of hydrogen-bond donors (Lipinski definition) is 1. The van der Waals surface area contributed by atoms with Crippen molar-refractivity contribution in [1.29, 1.82) is 0 Å². The third kappa shape index (κ3) is 3.45. The van der Waals surface area contributed by atoms with Crippen LogP contribution in [0.25, 0.3) is 0 Å². The van der Waals surface area contributed by atoms with Crippen LogP contribution in [0, 0.1) is 0 Å². The summed E-state index contributed by atoms with van der Waals surface area (Å²) >= 11 is 0. The Labute approximate surface area is 125 Å². The summed E-state index contributed by atoms with van der Waals surface area (Å²) in [5.41, 5.74) is 3.12. The van der Waals surface area contributed by atoms with Gasteiger partial charge in [0.1, 0.15) is 0 Å². The summed E-state index contributed by atoms with van der Waals surface area (Å²) in [6.45, 7) is 7.02. The average molecular weight is 287 g/mol. The first-order chi connectivity index (χ1) is 9.93. The zero-order valence-corrected chi connectivity index (χ0v) is 12.9. The van der Waals surface area contributed by atoms with Gasteiger partial charge < -0.3 is 14.5 Å². The Hall–Kier alpha value is -2.23. The van der Waals surface area contributed by atoms with Gasteiger partial charge in [-0.3, -0.25) is 0 Å². The van der Waals surface area contributed by atoms with Crippen molar-refractivity contribution in [1.82, 2.24) is 0 Å². The minimum Gasteiger partial charge on any atom is -0.463 e. The van der Waals surface area contributed by atoms with Gasteiger partial charge in [-0.05, 0) is 23.1 Å². The molecule has 0 fully saturated rings. The van der Waals surface area contributed by atoms with Crippen LogP contribution in [0.3, 0.4) is 0 Å². The fraction of sp³-hybridized carbons (Fsp3) is 0.353. The Morgan fingerprint density at radius 1 is 1.24 bits per heavy atom. The van der Waals surface area contributed by atoms with E-state index in [1.165, 1.54) is 18.9 Å². The van der Waals surface area contributed by atoms with Gasteiger partial charge in [-0.25, -0.2) is 4.79 Å². The minimum atomic E-state index is -0.457. The molecular weight excluding hydrogens is 266 g/mol. The van der Waals surface area contributed by atoms with Crippen LogP contribution < -0.4 is 5.32 Å². The SMILES string of the molecule is COC(=O)c1occc1CNc1ccccc1C(C)(C)C. The number of carbonyl (C=O) groups excluding carboxylic acids is 1. The van der Waals surface area contributed by atoms with Gasteiger partial charge in [-0.2, -0.15) is 0 Å². The minimum absolute atomic E-state index is 0.0468. The molecule has 0 aliphatic rings. The van der Waals surface area contributed by atoms with Crippen molar-refractivity contribution in [3.63, 3.8) is 0 Å². The molecule has 0 saturated heterocycles. The summed E-state index contributed by atoms with van der Waals surface area (Å²) in [7, 11) is 1.34. The topological polar surface area (TPSA) is 51.5 Å². The number of nitrogens with one attached hydrogen (secondary N) is 1. The number of para-hydroxylation sites is 1. The van der Waals surface area contributed by atoms with E-state index >= 15 is 0 Å². The maximum atomic E-state index is 11.6. The first-order valence-electron chi connectivity index (χ1n) is 6.91. The van der Waals surface area contributed by atoms with E-state index in [2.05, 4.69) is 32.2 Å². The third-order valence-corrected chi connectivity index (χ3v) is 3.32. The monoisotopic (exact) mass is 287 g/mol. The summed E-state index contributed by atoms with van der Waals surface area (Å²) in [4.78, 5) is 11.6. The standard InChI is InChI=1S/C17H21NO3/c1-17(2,3)13-7-5-6-8-14(13)18-11-12-9-10-21-15(12)16(19)20-4/h5-10,18H,11H2,1-4H3. The number of methoxy groups -OCH3 is 1. The fourth-order valence-electron chi connectivity index (χ4n) is 2.23. The summed E-state index contributed by atoms with van der Waals surface area (Å²) in [5, 5.41) is 3.37. The summed E-state index contributed by atoms with van der Waals surface area (Å²) in [6.07, 6.45) is 1.50. The van der Waals surface area contributed by atoms with Gasteiger partial charge >= 0.3 is 5.97 Å². The van der Waals surface area contributed by atoms with Crippen molar-refractivity contribution < 1.29 is 13.9 Å². The van der Waals surface area contributed by atoms with Gasteiger partial charge in [0, 0.05) is 17.8 Å². The predicted octanol–water partition coefficient (Wildman–Crippen LogP) is 3.98. The van der Waals surface area contributed by atoms with Crippen LogP contribution in [0.15, 0.2) is 41.0 Å². The van der Waals surface area contributed by atoms with E-state index in [0.29, 0.717) is 6.54 Å². The van der Waals surface area contributed by atoms with Crippen LogP contribution in [0.5, 0.6) is 0 Å². The summed E-state index contributed by atoms with van der Waals surface area (Å²) in [5.74, 6) is -0.209. The Bertz CT molecular complexity index is 623. The fourth-order valence-corrected chi connectivity index (χ4v) is 2.23. The molecule has 0 atom stereocenters. The molecule has 112 valence electrons. The molecule has 2 aromatic rings. The lowest BCUT2D eigenvalue weighted by Crippen LogP contribution is -2.15. The normalized spacial score (nSPS) is 11.2. The van der Waals surface area contributed by atoms with Crippen molar-refractivity contribution in [2.75, 3.05) is 12.4 Å². The van der Waals surface area contributed by atoms with Crippen LogP contribution >= 0.6 is 0 Å². The quantitative estimate of drug-likeness (QED) is 0.864. The smallest absolute Gasteiger partial charge is 0.374 e. The van der Waals surface area contributed by atoms with E-state index in [1.54, 1.807) is 6.07 Å². The molecule has 0 aliphatic heterocycles. The lowest BCUT2D eigenvalue weighted by Gasteiger charge is -2.23. The van der Waals surface area contributed by atoms with Gasteiger partial charge in [0.15, 0.2) is 0 Å². The molecule has 0 amide bonds. The van der Waals surface area contributed by atoms with Crippen LogP contribution in [0.1, 0.15) is 42.5 Å². The summed E-state index contributed by atoms with van der Waals surface area (Å²) in [6, 6.07) is 9.95. The molecule has 2 rings (SSSR count). The Kier molecular flexibility index (Phi) is 4.36. The molecule has 0 aliphatic carbocycles. The van der Waals surface area contributed by atoms with Gasteiger partial charge in [0.25, 0.3) is 0 Å². The lowest BCUT2D eigenvalue weighted by atomic mass is 9.86. The number of rotatable bonds is 4. The molecule has 4 heteroatoms. The average Bonchev–Trinajstić information content (AvgIpc) is 2.92. The van der Waals surface area contributed by atoms with E-state index in [0.717, 1.165) is 11.3 Å². The molecule has 1 N–H and O–H groups in total. The van der Waals surface area contributed by atoms with E-state index < -0.39 is 5.97 Å². The van der Waals surface area contributed by atoms with Crippen molar-refractivity contribution in [2.45, 2.75) is 32.7 Å². The zero-order valence-electron chi connectivity index (χ0n) is 12.9. The molecule has 1 aromatic carbocycles. The number of ether oxygens (including phenoxy) is 1. The number of benzene rings is 1. The molecule has 21 heavy (non-hydrogen) atoms. The molecule has 0 bridgehead atoms. The Morgan fingerprint density at radius 2 is 1.95 bits per heavy atom. The summed E-state index contributed by atoms with van der Waals surface area (Å²) < 4.78 is 9.89. The second-order valence-corrected chi connectivity index (χ2v) is 5.92. The highest BCUT2D eigenvalue weighted by Crippen LogP contribution is 2.29. The highest BCUT2D eigenvalue weighted by molar-refractivity contribution is 5.87. The van der Waals surface area contributed by atoms with Gasteiger partial charge in [-0.1, -0.05) is 39.0 Å². The van der Waals surface area contributed by atoms with E-state index in [4.69, 9.17) is 9.15 Å². The number of esters is 1. The molecule has 0 spiro atoms. The van der Waals surface area contributed by atoms with Crippen LogP contribution in [-0.4, -0.2) is 13.1 Å². The number of anilines is 1. The second-order valence-electron chi connectivity index (χ2n) is 5.92. The van der Waals surface area contributed by atoms with Crippen molar-refractivity contribution in [3.05, 3.63) is 53.5 Å². The van der Waals surface area contributed by atoms with Crippen LogP contribution in [0.4, 0.5) is 5.69 Å². The highest BCUT2D eigenvalue weighted by Gasteiger charge is 2.19. The lowest BCUT2D eigenvalue weighted by molar-refractivity contribution is 0.0563.